The van der Waals surface area contributed by atoms with Crippen molar-refractivity contribution in [1.82, 2.24) is 4.90 Å². The molecule has 1 rings (SSSR count). The van der Waals surface area contributed by atoms with Gasteiger partial charge in [0.1, 0.15) is 0 Å². The Morgan fingerprint density at radius 2 is 2.23 bits per heavy atom. The van der Waals surface area contributed by atoms with E-state index in [0.717, 1.165) is 4.88 Å². The van der Waals surface area contributed by atoms with Gasteiger partial charge in [-0.1, -0.05) is 6.07 Å². The first-order valence-corrected chi connectivity index (χ1v) is 4.82. The summed E-state index contributed by atoms with van der Waals surface area (Å²) in [6, 6.07) is 3.71. The highest BCUT2D eigenvalue weighted by molar-refractivity contribution is 7.10. The number of thiophene rings is 1. The minimum absolute atomic E-state index is 0.819. The molecule has 0 spiro atoms. The molecule has 1 atom stereocenters. The summed E-state index contributed by atoms with van der Waals surface area (Å²) in [5, 5.41) is 11.0. The predicted octanol–water partition coefficient (Wildman–Crippen LogP) is 1.61. The fourth-order valence-corrected chi connectivity index (χ4v) is 2.03. The van der Waals surface area contributed by atoms with Gasteiger partial charge in [-0.05, 0) is 32.5 Å². The van der Waals surface area contributed by atoms with Gasteiger partial charge in [-0.3, -0.25) is 4.90 Å². The van der Waals surface area contributed by atoms with Crippen molar-refractivity contribution in [1.29, 1.82) is 0 Å². The molecule has 0 aliphatic rings. The highest BCUT2D eigenvalue weighted by Gasteiger charge is 2.38. The van der Waals surface area contributed by atoms with Crippen molar-refractivity contribution in [3.8, 4) is 0 Å². The summed E-state index contributed by atoms with van der Waals surface area (Å²) in [5.41, 5.74) is -0.909. The van der Waals surface area contributed by atoms with Crippen molar-refractivity contribution < 1.29 is 9.90 Å². The first-order valence-electron chi connectivity index (χ1n) is 3.94. The fourth-order valence-electron chi connectivity index (χ4n) is 1.07. The SMILES string of the molecule is CN(C)[C@@](C)(C(=O)O)c1cccs1. The molecule has 1 N–H and O–H groups in total. The lowest BCUT2D eigenvalue weighted by molar-refractivity contribution is -0.149. The second-order valence-electron chi connectivity index (χ2n) is 3.25. The summed E-state index contributed by atoms with van der Waals surface area (Å²) < 4.78 is 0. The summed E-state index contributed by atoms with van der Waals surface area (Å²) >= 11 is 1.46. The molecular weight excluding hydrogens is 186 g/mol. The van der Waals surface area contributed by atoms with E-state index in [-0.39, 0.29) is 0 Å². The zero-order chi connectivity index (χ0) is 10.1. The van der Waals surface area contributed by atoms with Crippen LogP contribution in [0.1, 0.15) is 11.8 Å². The zero-order valence-corrected chi connectivity index (χ0v) is 8.76. The molecule has 1 aromatic heterocycles. The lowest BCUT2D eigenvalue weighted by Crippen LogP contribution is -2.45. The number of carboxylic acid groups (broad SMARTS) is 1. The standard InChI is InChI=1S/C9H13NO2S/c1-9(8(11)12,10(2)3)7-5-4-6-13-7/h4-6H,1-3H3,(H,11,12)/t9-/m1/s1. The van der Waals surface area contributed by atoms with E-state index < -0.39 is 11.5 Å². The van der Waals surface area contributed by atoms with Crippen LogP contribution in [0, 0.1) is 0 Å². The summed E-state index contributed by atoms with van der Waals surface area (Å²) in [5.74, 6) is -0.819. The minimum Gasteiger partial charge on any atom is -0.480 e. The van der Waals surface area contributed by atoms with E-state index in [1.165, 1.54) is 11.3 Å². The summed E-state index contributed by atoms with van der Waals surface area (Å²) in [6.07, 6.45) is 0. The topological polar surface area (TPSA) is 40.5 Å². The lowest BCUT2D eigenvalue weighted by Gasteiger charge is -2.30. The molecule has 72 valence electrons. The quantitative estimate of drug-likeness (QED) is 0.804. The van der Waals surface area contributed by atoms with Crippen LogP contribution in [0.25, 0.3) is 0 Å². The molecule has 0 aliphatic carbocycles. The molecule has 4 heteroatoms. The monoisotopic (exact) mass is 199 g/mol. The molecule has 0 unspecified atom stereocenters. The Labute approximate surface area is 81.6 Å². The van der Waals surface area contributed by atoms with Gasteiger partial charge in [-0.25, -0.2) is 4.79 Å². The molecule has 0 bridgehead atoms. The molecule has 0 aromatic carbocycles. The van der Waals surface area contributed by atoms with Crippen LogP contribution >= 0.6 is 11.3 Å². The Morgan fingerprint density at radius 1 is 1.62 bits per heavy atom. The molecule has 1 heterocycles. The number of hydrogen-bond acceptors (Lipinski definition) is 3. The predicted molar refractivity (Wildman–Crippen MR) is 53.0 cm³/mol. The molecule has 0 fully saturated rings. The maximum atomic E-state index is 11.1. The Kier molecular flexibility index (Phi) is 2.73. The van der Waals surface area contributed by atoms with Crippen LogP contribution in [-0.2, 0) is 10.3 Å². The van der Waals surface area contributed by atoms with Gasteiger partial charge in [-0.15, -0.1) is 11.3 Å². The van der Waals surface area contributed by atoms with Crippen molar-refractivity contribution in [3.63, 3.8) is 0 Å². The molecule has 0 amide bonds. The molecular formula is C9H13NO2S. The van der Waals surface area contributed by atoms with Gasteiger partial charge in [0.25, 0.3) is 0 Å². The van der Waals surface area contributed by atoms with E-state index in [4.69, 9.17) is 5.11 Å². The average Bonchev–Trinajstić information content (AvgIpc) is 2.54. The Balaban J connectivity index is 3.13. The van der Waals surface area contributed by atoms with Crippen LogP contribution in [0.5, 0.6) is 0 Å². The van der Waals surface area contributed by atoms with Crippen molar-refractivity contribution in [2.75, 3.05) is 14.1 Å². The van der Waals surface area contributed by atoms with E-state index in [2.05, 4.69) is 0 Å². The Bertz CT molecular complexity index is 295. The maximum absolute atomic E-state index is 11.1. The first-order chi connectivity index (χ1) is 5.99. The highest BCUT2D eigenvalue weighted by Crippen LogP contribution is 2.29. The molecule has 0 saturated carbocycles. The number of rotatable bonds is 3. The van der Waals surface area contributed by atoms with E-state index in [9.17, 15) is 4.79 Å². The molecule has 3 nitrogen and oxygen atoms in total. The van der Waals surface area contributed by atoms with Gasteiger partial charge in [0.2, 0.25) is 0 Å². The number of nitrogens with zero attached hydrogens (tertiary/aromatic N) is 1. The van der Waals surface area contributed by atoms with Gasteiger partial charge in [-0.2, -0.15) is 0 Å². The van der Waals surface area contributed by atoms with Crippen molar-refractivity contribution in [2.24, 2.45) is 0 Å². The number of likely N-dealkylation sites (N-methyl/N-ethyl adjacent to an activating group) is 1. The summed E-state index contributed by atoms with van der Waals surface area (Å²) in [7, 11) is 3.54. The van der Waals surface area contributed by atoms with Gasteiger partial charge in [0.15, 0.2) is 5.54 Å². The first kappa shape index (κ1) is 10.2. The molecule has 0 saturated heterocycles. The van der Waals surface area contributed by atoms with E-state index in [1.807, 2.05) is 17.5 Å². The summed E-state index contributed by atoms with van der Waals surface area (Å²) in [6.45, 7) is 1.71. The zero-order valence-electron chi connectivity index (χ0n) is 7.94. The van der Waals surface area contributed by atoms with Gasteiger partial charge in [0, 0.05) is 4.88 Å². The number of carbonyl (C=O) groups is 1. The second kappa shape index (κ2) is 3.47. The average molecular weight is 199 g/mol. The summed E-state index contributed by atoms with van der Waals surface area (Å²) in [4.78, 5) is 13.7. The third-order valence-electron chi connectivity index (χ3n) is 2.31. The van der Waals surface area contributed by atoms with Crippen LogP contribution in [-0.4, -0.2) is 30.1 Å². The van der Waals surface area contributed by atoms with Crippen LogP contribution < -0.4 is 0 Å². The van der Waals surface area contributed by atoms with Crippen LogP contribution in [0.4, 0.5) is 0 Å². The smallest absolute Gasteiger partial charge is 0.329 e. The normalized spacial score (nSPS) is 15.7. The lowest BCUT2D eigenvalue weighted by atomic mass is 9.99. The van der Waals surface area contributed by atoms with Gasteiger partial charge >= 0.3 is 5.97 Å². The number of aliphatic carboxylic acids is 1. The van der Waals surface area contributed by atoms with Crippen LogP contribution in [0.2, 0.25) is 0 Å². The third-order valence-corrected chi connectivity index (χ3v) is 3.39. The van der Waals surface area contributed by atoms with Gasteiger partial charge in [0.05, 0.1) is 0 Å². The Hall–Kier alpha value is -0.870. The minimum atomic E-state index is -0.909. The van der Waals surface area contributed by atoms with Crippen molar-refractivity contribution >= 4 is 17.3 Å². The van der Waals surface area contributed by atoms with Crippen LogP contribution in [0.15, 0.2) is 17.5 Å². The van der Waals surface area contributed by atoms with E-state index >= 15 is 0 Å². The Morgan fingerprint density at radius 3 is 2.54 bits per heavy atom. The van der Waals surface area contributed by atoms with Crippen molar-refractivity contribution in [2.45, 2.75) is 12.5 Å². The highest BCUT2D eigenvalue weighted by atomic mass is 32.1. The maximum Gasteiger partial charge on any atom is 0.329 e. The largest absolute Gasteiger partial charge is 0.480 e. The second-order valence-corrected chi connectivity index (χ2v) is 4.20. The number of hydrogen-bond donors (Lipinski definition) is 1. The third kappa shape index (κ3) is 1.59. The van der Waals surface area contributed by atoms with Crippen molar-refractivity contribution in [3.05, 3.63) is 22.4 Å². The molecule has 0 aliphatic heterocycles. The molecule has 0 radical (unpaired) electrons. The van der Waals surface area contributed by atoms with E-state index in [0.29, 0.717) is 0 Å². The van der Waals surface area contributed by atoms with Gasteiger partial charge < -0.3 is 5.11 Å². The number of carboxylic acids is 1. The molecule has 13 heavy (non-hydrogen) atoms. The fraction of sp³-hybridized carbons (Fsp3) is 0.444. The van der Waals surface area contributed by atoms with Crippen LogP contribution in [0.3, 0.4) is 0 Å². The van der Waals surface area contributed by atoms with E-state index in [1.54, 1.807) is 25.9 Å². The molecule has 1 aromatic rings.